The number of hydrogen-bond acceptors (Lipinski definition) is 5. The minimum atomic E-state index is -3.25. The maximum atomic E-state index is 13.0. The number of likely N-dealkylation sites (tertiary alicyclic amines) is 1. The highest BCUT2D eigenvalue weighted by Gasteiger charge is 2.50. The first kappa shape index (κ1) is 15.4. The van der Waals surface area contributed by atoms with E-state index in [1.807, 2.05) is 24.3 Å². The minimum absolute atomic E-state index is 0.0496. The first-order chi connectivity index (χ1) is 12.1. The van der Waals surface area contributed by atoms with Gasteiger partial charge >= 0.3 is 0 Å². The van der Waals surface area contributed by atoms with Crippen molar-refractivity contribution in [1.82, 2.24) is 4.90 Å². The van der Waals surface area contributed by atoms with Crippen molar-refractivity contribution in [2.75, 3.05) is 13.1 Å². The van der Waals surface area contributed by atoms with Crippen LogP contribution in [-0.4, -0.2) is 31.7 Å². The molecular formula is C19H17NO3S2. The number of benzene rings is 1. The SMILES string of the molecule is O=S1(=O)c2ccc(-c3ccco3)cc2[C@H]2CN(Cc3ccsc3)C[C@H]21. The lowest BCUT2D eigenvalue weighted by Gasteiger charge is -2.16. The van der Waals surface area contributed by atoms with E-state index in [2.05, 4.69) is 21.7 Å². The van der Waals surface area contributed by atoms with Crippen molar-refractivity contribution in [3.8, 4) is 11.3 Å². The van der Waals surface area contributed by atoms with Gasteiger partial charge in [0.25, 0.3) is 0 Å². The van der Waals surface area contributed by atoms with E-state index < -0.39 is 9.84 Å². The summed E-state index contributed by atoms with van der Waals surface area (Å²) in [4.78, 5) is 2.77. The van der Waals surface area contributed by atoms with Crippen LogP contribution < -0.4 is 0 Å². The Morgan fingerprint density at radius 2 is 2.12 bits per heavy atom. The standard InChI is InChI=1S/C19H17NO3S2/c21-25(22)18-4-3-14(17-2-1-6-23-17)8-15(18)16-10-20(11-19(16)25)9-13-5-7-24-12-13/h1-8,12,16,19H,9-11H2/t16-,19-/m1/s1. The van der Waals surface area contributed by atoms with E-state index in [0.717, 1.165) is 30.0 Å². The van der Waals surface area contributed by atoms with Crippen molar-refractivity contribution in [3.63, 3.8) is 0 Å². The zero-order valence-electron chi connectivity index (χ0n) is 13.5. The molecule has 0 saturated carbocycles. The summed E-state index contributed by atoms with van der Waals surface area (Å²) in [5.74, 6) is 0.824. The first-order valence-corrected chi connectivity index (χ1v) is 10.8. The molecule has 4 nitrogen and oxygen atoms in total. The third-order valence-corrected chi connectivity index (χ3v) is 8.24. The van der Waals surface area contributed by atoms with Crippen LogP contribution in [0.15, 0.2) is 62.7 Å². The van der Waals surface area contributed by atoms with E-state index in [4.69, 9.17) is 4.42 Å². The molecule has 1 fully saturated rings. The van der Waals surface area contributed by atoms with E-state index in [1.54, 1.807) is 23.7 Å². The van der Waals surface area contributed by atoms with Gasteiger partial charge in [-0.05, 0) is 58.3 Å². The lowest BCUT2D eigenvalue weighted by Crippen LogP contribution is -2.25. The first-order valence-electron chi connectivity index (χ1n) is 8.28. The lowest BCUT2D eigenvalue weighted by atomic mass is 9.96. The quantitative estimate of drug-likeness (QED) is 0.703. The van der Waals surface area contributed by atoms with Crippen molar-refractivity contribution in [3.05, 3.63) is 64.5 Å². The smallest absolute Gasteiger partial charge is 0.183 e. The van der Waals surface area contributed by atoms with Crippen LogP contribution >= 0.6 is 11.3 Å². The summed E-state index contributed by atoms with van der Waals surface area (Å²) in [6, 6.07) is 11.5. The zero-order chi connectivity index (χ0) is 17.0. The third kappa shape index (κ3) is 2.39. The molecule has 4 heterocycles. The normalized spacial score (nSPS) is 24.3. The largest absolute Gasteiger partial charge is 0.464 e. The molecule has 128 valence electrons. The van der Waals surface area contributed by atoms with Crippen LogP contribution in [0.5, 0.6) is 0 Å². The van der Waals surface area contributed by atoms with Gasteiger partial charge in [0.15, 0.2) is 9.84 Å². The highest BCUT2D eigenvalue weighted by atomic mass is 32.2. The third-order valence-electron chi connectivity index (χ3n) is 5.25. The molecule has 0 bridgehead atoms. The molecular weight excluding hydrogens is 354 g/mol. The maximum Gasteiger partial charge on any atom is 0.183 e. The summed E-state index contributed by atoms with van der Waals surface area (Å²) in [5, 5.41) is 3.87. The maximum absolute atomic E-state index is 13.0. The van der Waals surface area contributed by atoms with E-state index in [9.17, 15) is 8.42 Å². The van der Waals surface area contributed by atoms with Crippen LogP contribution in [0.1, 0.15) is 17.0 Å². The van der Waals surface area contributed by atoms with Crippen molar-refractivity contribution >= 4 is 21.2 Å². The highest BCUT2D eigenvalue weighted by Crippen LogP contribution is 2.46. The van der Waals surface area contributed by atoms with E-state index in [-0.39, 0.29) is 11.2 Å². The Hall–Kier alpha value is -1.89. The molecule has 5 rings (SSSR count). The summed E-state index contributed by atoms with van der Waals surface area (Å²) < 4.78 is 31.4. The van der Waals surface area contributed by atoms with Gasteiger partial charge in [-0.15, -0.1) is 0 Å². The van der Waals surface area contributed by atoms with Crippen molar-refractivity contribution < 1.29 is 12.8 Å². The molecule has 2 aliphatic rings. The topological polar surface area (TPSA) is 50.5 Å². The molecule has 3 aromatic rings. The van der Waals surface area contributed by atoms with Gasteiger partial charge in [0.2, 0.25) is 0 Å². The Morgan fingerprint density at radius 1 is 1.20 bits per heavy atom. The van der Waals surface area contributed by atoms with Gasteiger partial charge in [-0.3, -0.25) is 4.90 Å². The summed E-state index contributed by atoms with van der Waals surface area (Å²) >= 11 is 1.68. The van der Waals surface area contributed by atoms with Crippen molar-refractivity contribution in [1.29, 1.82) is 0 Å². The highest BCUT2D eigenvalue weighted by molar-refractivity contribution is 7.92. The second-order valence-corrected chi connectivity index (χ2v) is 9.66. The summed E-state index contributed by atoms with van der Waals surface area (Å²) in [6.07, 6.45) is 1.64. The number of sulfone groups is 1. The molecule has 2 atom stereocenters. The van der Waals surface area contributed by atoms with Gasteiger partial charge in [-0.2, -0.15) is 11.3 Å². The van der Waals surface area contributed by atoms with Gasteiger partial charge in [0, 0.05) is 31.1 Å². The summed E-state index contributed by atoms with van der Waals surface area (Å²) in [6.45, 7) is 2.21. The van der Waals surface area contributed by atoms with Crippen LogP contribution in [0.3, 0.4) is 0 Å². The average Bonchev–Trinajstić information content (AvgIpc) is 3.37. The van der Waals surface area contributed by atoms with Crippen LogP contribution in [0.2, 0.25) is 0 Å². The average molecular weight is 371 g/mol. The number of hydrogen-bond donors (Lipinski definition) is 0. The number of fused-ring (bicyclic) bond motifs is 3. The molecule has 0 amide bonds. The second-order valence-electron chi connectivity index (χ2n) is 6.75. The molecule has 0 unspecified atom stereocenters. The Kier molecular flexibility index (Phi) is 3.42. The van der Waals surface area contributed by atoms with Crippen LogP contribution in [0, 0.1) is 0 Å². The van der Waals surface area contributed by atoms with E-state index >= 15 is 0 Å². The number of thiophene rings is 1. The zero-order valence-corrected chi connectivity index (χ0v) is 15.1. The number of furan rings is 1. The van der Waals surface area contributed by atoms with Gasteiger partial charge in [0.05, 0.1) is 16.4 Å². The molecule has 2 aliphatic heterocycles. The Labute approximate surface area is 150 Å². The van der Waals surface area contributed by atoms with Crippen molar-refractivity contribution in [2.45, 2.75) is 22.6 Å². The van der Waals surface area contributed by atoms with Crippen molar-refractivity contribution in [2.24, 2.45) is 0 Å². The molecule has 0 N–H and O–H groups in total. The molecule has 25 heavy (non-hydrogen) atoms. The van der Waals surface area contributed by atoms with Gasteiger partial charge in [-0.1, -0.05) is 0 Å². The number of rotatable bonds is 3. The molecule has 0 spiro atoms. The lowest BCUT2D eigenvalue weighted by molar-refractivity contribution is 0.326. The van der Waals surface area contributed by atoms with Gasteiger partial charge < -0.3 is 4.42 Å². The minimum Gasteiger partial charge on any atom is -0.464 e. The Bertz CT molecular complexity index is 1010. The fraction of sp³-hybridized carbons (Fsp3) is 0.263. The second kappa shape index (κ2) is 5.56. The van der Waals surface area contributed by atoms with E-state index in [0.29, 0.717) is 11.4 Å². The molecule has 6 heteroatoms. The van der Waals surface area contributed by atoms with Crippen LogP contribution in [0.25, 0.3) is 11.3 Å². The van der Waals surface area contributed by atoms with Crippen LogP contribution in [0.4, 0.5) is 0 Å². The Balaban J connectivity index is 1.51. The Morgan fingerprint density at radius 3 is 2.88 bits per heavy atom. The number of nitrogens with zero attached hydrogens (tertiary/aromatic N) is 1. The molecule has 0 aliphatic carbocycles. The summed E-state index contributed by atoms with van der Waals surface area (Å²) in [7, 11) is -3.25. The van der Waals surface area contributed by atoms with Crippen LogP contribution in [-0.2, 0) is 16.4 Å². The van der Waals surface area contributed by atoms with Gasteiger partial charge in [0.1, 0.15) is 5.76 Å². The summed E-state index contributed by atoms with van der Waals surface area (Å²) in [5.41, 5.74) is 3.15. The van der Waals surface area contributed by atoms with Gasteiger partial charge in [-0.25, -0.2) is 8.42 Å². The fourth-order valence-corrected chi connectivity index (χ4v) is 6.95. The molecule has 0 radical (unpaired) electrons. The predicted octanol–water partition coefficient (Wildman–Crippen LogP) is 3.76. The fourth-order valence-electron chi connectivity index (χ4n) is 4.09. The molecule has 2 aromatic heterocycles. The molecule has 1 saturated heterocycles. The van der Waals surface area contributed by atoms with E-state index in [1.165, 1.54) is 5.56 Å². The predicted molar refractivity (Wildman–Crippen MR) is 97.5 cm³/mol. The monoisotopic (exact) mass is 371 g/mol. The molecule has 1 aromatic carbocycles.